The molecular formula is C6H11Br2N. The smallest absolute Gasteiger partial charge is 0.0321 e. The summed E-state index contributed by atoms with van der Waals surface area (Å²) in [4.78, 5) is 0. The van der Waals surface area contributed by atoms with E-state index in [0.717, 1.165) is 6.04 Å². The van der Waals surface area contributed by atoms with Crippen molar-refractivity contribution < 1.29 is 0 Å². The molecule has 1 aliphatic carbocycles. The Morgan fingerprint density at radius 1 is 1.00 bits per heavy atom. The van der Waals surface area contributed by atoms with Gasteiger partial charge in [0, 0.05) is 38.3 Å². The van der Waals surface area contributed by atoms with Crippen LogP contribution in [0.15, 0.2) is 0 Å². The van der Waals surface area contributed by atoms with Crippen LogP contribution in [0.5, 0.6) is 0 Å². The molecule has 3 heteroatoms. The van der Waals surface area contributed by atoms with Crippen LogP contribution in [0.3, 0.4) is 0 Å². The summed E-state index contributed by atoms with van der Waals surface area (Å²) >= 11 is 6.77. The van der Waals surface area contributed by atoms with Crippen LogP contribution in [0.4, 0.5) is 0 Å². The molecule has 0 N–H and O–H groups in total. The predicted molar refractivity (Wildman–Crippen MR) is 46.6 cm³/mol. The Morgan fingerprint density at radius 2 is 1.56 bits per heavy atom. The molecule has 1 rings (SSSR count). The quantitative estimate of drug-likeness (QED) is 0.652. The highest BCUT2D eigenvalue weighted by Gasteiger charge is 2.16. The zero-order chi connectivity index (χ0) is 6.69. The summed E-state index contributed by atoms with van der Waals surface area (Å²) in [5.74, 6) is 0. The van der Waals surface area contributed by atoms with E-state index in [0.29, 0.717) is 0 Å². The summed E-state index contributed by atoms with van der Waals surface area (Å²) in [6.45, 7) is 0. The van der Waals surface area contributed by atoms with Crippen molar-refractivity contribution in [2.75, 3.05) is 0 Å². The van der Waals surface area contributed by atoms with Crippen LogP contribution < -0.4 is 0 Å². The van der Waals surface area contributed by atoms with Crippen molar-refractivity contribution >= 4 is 32.3 Å². The lowest BCUT2D eigenvalue weighted by atomic mass is 9.97. The highest BCUT2D eigenvalue weighted by atomic mass is 79.9. The van der Waals surface area contributed by atoms with Gasteiger partial charge in [0.1, 0.15) is 0 Å². The standard InChI is InChI=1S/C6H11Br2N/c7-9(8)6-4-2-1-3-5-6/h6H,1-5H2. The Labute approximate surface area is 73.5 Å². The van der Waals surface area contributed by atoms with Crippen molar-refractivity contribution in [3.8, 4) is 0 Å². The predicted octanol–water partition coefficient (Wildman–Crippen LogP) is 3.24. The Balaban J connectivity index is 2.23. The van der Waals surface area contributed by atoms with Gasteiger partial charge in [-0.05, 0) is 12.8 Å². The van der Waals surface area contributed by atoms with Crippen molar-refractivity contribution in [3.63, 3.8) is 0 Å². The molecule has 0 aliphatic heterocycles. The normalized spacial score (nSPS) is 23.0. The summed E-state index contributed by atoms with van der Waals surface area (Å²) in [6, 6.07) is 0.721. The van der Waals surface area contributed by atoms with E-state index in [1.165, 1.54) is 32.1 Å². The van der Waals surface area contributed by atoms with Crippen LogP contribution in [0.2, 0.25) is 0 Å². The maximum absolute atomic E-state index is 3.39. The van der Waals surface area contributed by atoms with Gasteiger partial charge in [-0.3, -0.25) is 0 Å². The molecule has 1 aliphatic rings. The molecule has 0 aromatic carbocycles. The molecule has 1 fully saturated rings. The molecule has 0 amide bonds. The summed E-state index contributed by atoms with van der Waals surface area (Å²) < 4.78 is 1.99. The molecule has 0 atom stereocenters. The van der Waals surface area contributed by atoms with Crippen molar-refractivity contribution in [1.29, 1.82) is 0 Å². The molecule has 1 nitrogen and oxygen atoms in total. The fourth-order valence-corrected chi connectivity index (χ4v) is 2.10. The van der Waals surface area contributed by atoms with Gasteiger partial charge in [0.2, 0.25) is 0 Å². The molecule has 9 heavy (non-hydrogen) atoms. The fourth-order valence-electron chi connectivity index (χ4n) is 1.28. The maximum Gasteiger partial charge on any atom is 0.0321 e. The van der Waals surface area contributed by atoms with Gasteiger partial charge in [0.15, 0.2) is 0 Å². The lowest BCUT2D eigenvalue weighted by Crippen LogP contribution is -2.20. The third-order valence-corrected chi connectivity index (χ3v) is 3.01. The first-order valence-corrected chi connectivity index (χ1v) is 4.83. The van der Waals surface area contributed by atoms with Crippen molar-refractivity contribution in [2.24, 2.45) is 0 Å². The molecule has 0 radical (unpaired) electrons. The second-order valence-corrected chi connectivity index (χ2v) is 5.03. The SMILES string of the molecule is BrN(Br)C1CCCCC1. The van der Waals surface area contributed by atoms with Gasteiger partial charge in [-0.1, -0.05) is 19.3 Å². The highest BCUT2D eigenvalue weighted by molar-refractivity contribution is 9.21. The Hall–Kier alpha value is 0.920. The fraction of sp³-hybridized carbons (Fsp3) is 1.00. The van der Waals surface area contributed by atoms with E-state index in [1.807, 2.05) is 2.95 Å². The Bertz CT molecular complexity index is 79.1. The van der Waals surface area contributed by atoms with Gasteiger partial charge < -0.3 is 0 Å². The van der Waals surface area contributed by atoms with Crippen molar-refractivity contribution in [3.05, 3.63) is 0 Å². The molecule has 54 valence electrons. The van der Waals surface area contributed by atoms with E-state index < -0.39 is 0 Å². The van der Waals surface area contributed by atoms with E-state index in [2.05, 4.69) is 32.3 Å². The van der Waals surface area contributed by atoms with Gasteiger partial charge in [-0.25, -0.2) is 0 Å². The van der Waals surface area contributed by atoms with Crippen LogP contribution in [-0.4, -0.2) is 8.99 Å². The summed E-state index contributed by atoms with van der Waals surface area (Å²) in [5, 5.41) is 0. The minimum absolute atomic E-state index is 0.721. The number of hydrogen-bond acceptors (Lipinski definition) is 1. The van der Waals surface area contributed by atoms with E-state index in [9.17, 15) is 0 Å². The third kappa shape index (κ3) is 2.56. The molecule has 0 spiro atoms. The minimum atomic E-state index is 0.721. The van der Waals surface area contributed by atoms with E-state index in [-0.39, 0.29) is 0 Å². The average molecular weight is 257 g/mol. The van der Waals surface area contributed by atoms with E-state index in [1.54, 1.807) is 0 Å². The Morgan fingerprint density at radius 3 is 1.89 bits per heavy atom. The second kappa shape index (κ2) is 3.94. The monoisotopic (exact) mass is 255 g/mol. The molecule has 0 bridgehead atoms. The molecule has 0 unspecified atom stereocenters. The van der Waals surface area contributed by atoms with Gasteiger partial charge in [0.05, 0.1) is 0 Å². The highest BCUT2D eigenvalue weighted by Crippen LogP contribution is 2.26. The van der Waals surface area contributed by atoms with Crippen LogP contribution in [0.1, 0.15) is 32.1 Å². The molecule has 0 heterocycles. The number of halogens is 2. The zero-order valence-electron chi connectivity index (χ0n) is 5.32. The van der Waals surface area contributed by atoms with Crippen molar-refractivity contribution in [2.45, 2.75) is 38.1 Å². The lowest BCUT2D eigenvalue weighted by Gasteiger charge is -2.23. The third-order valence-electron chi connectivity index (χ3n) is 1.85. The average Bonchev–Trinajstić information content (AvgIpc) is 1.90. The minimum Gasteiger partial charge on any atom is -0.175 e. The molecule has 1 saturated carbocycles. The van der Waals surface area contributed by atoms with Crippen LogP contribution in [0, 0.1) is 0 Å². The van der Waals surface area contributed by atoms with Gasteiger partial charge >= 0.3 is 0 Å². The zero-order valence-corrected chi connectivity index (χ0v) is 8.49. The summed E-state index contributed by atoms with van der Waals surface area (Å²) in [5.41, 5.74) is 0. The van der Waals surface area contributed by atoms with Gasteiger partial charge in [-0.2, -0.15) is 2.95 Å². The van der Waals surface area contributed by atoms with E-state index >= 15 is 0 Å². The van der Waals surface area contributed by atoms with Crippen LogP contribution in [0.25, 0.3) is 0 Å². The number of rotatable bonds is 1. The Kier molecular flexibility index (Phi) is 3.51. The van der Waals surface area contributed by atoms with Gasteiger partial charge in [0.25, 0.3) is 0 Å². The van der Waals surface area contributed by atoms with Crippen LogP contribution in [-0.2, 0) is 0 Å². The van der Waals surface area contributed by atoms with Crippen LogP contribution >= 0.6 is 32.3 Å². The molecule has 0 aromatic heterocycles. The second-order valence-electron chi connectivity index (χ2n) is 2.55. The maximum atomic E-state index is 3.39. The summed E-state index contributed by atoms with van der Waals surface area (Å²) in [6.07, 6.45) is 6.86. The van der Waals surface area contributed by atoms with Gasteiger partial charge in [-0.15, -0.1) is 0 Å². The lowest BCUT2D eigenvalue weighted by molar-refractivity contribution is 0.373. The van der Waals surface area contributed by atoms with Crippen molar-refractivity contribution in [1.82, 2.24) is 2.95 Å². The number of hydrogen-bond donors (Lipinski definition) is 0. The first-order valence-electron chi connectivity index (χ1n) is 3.41. The molecule has 0 saturated heterocycles. The first kappa shape index (κ1) is 8.02. The number of nitrogens with zero attached hydrogens (tertiary/aromatic N) is 1. The molecular weight excluding hydrogens is 246 g/mol. The largest absolute Gasteiger partial charge is 0.175 e. The molecule has 0 aromatic rings. The topological polar surface area (TPSA) is 3.24 Å². The first-order chi connectivity index (χ1) is 4.30. The van der Waals surface area contributed by atoms with E-state index in [4.69, 9.17) is 0 Å². The summed E-state index contributed by atoms with van der Waals surface area (Å²) in [7, 11) is 0.